The fraction of sp³-hybridized carbons (Fsp3) is 0.500. The Kier molecular flexibility index (Phi) is 4.53. The average molecular weight is 274 g/mol. The Morgan fingerprint density at radius 1 is 1.45 bits per heavy atom. The molecule has 0 spiro atoms. The van der Waals surface area contributed by atoms with Gasteiger partial charge in [0.25, 0.3) is 5.91 Å². The summed E-state index contributed by atoms with van der Waals surface area (Å²) in [4.78, 5) is 29.8. The Labute approximate surface area is 117 Å². The lowest BCUT2D eigenvalue weighted by molar-refractivity contribution is 0.0604. The fourth-order valence-corrected chi connectivity index (χ4v) is 2.43. The maximum atomic E-state index is 12.3. The van der Waals surface area contributed by atoms with Crippen LogP contribution in [0, 0.1) is 11.3 Å². The van der Waals surface area contributed by atoms with Crippen LogP contribution in [-0.4, -0.2) is 52.9 Å². The highest BCUT2D eigenvalue weighted by Gasteiger charge is 2.25. The van der Waals surface area contributed by atoms with Crippen LogP contribution in [0.1, 0.15) is 23.7 Å². The van der Waals surface area contributed by atoms with Crippen LogP contribution in [0.5, 0.6) is 0 Å². The second kappa shape index (κ2) is 6.35. The average Bonchev–Trinajstić information content (AvgIpc) is 2.48. The number of carbonyl (C=O) groups excluding carboxylic acids is 1. The zero-order valence-corrected chi connectivity index (χ0v) is 11.5. The topological polar surface area (TPSA) is 80.2 Å². The van der Waals surface area contributed by atoms with E-state index in [1.807, 2.05) is 6.92 Å². The molecule has 0 radical (unpaired) electrons. The van der Waals surface area contributed by atoms with Gasteiger partial charge in [0.05, 0.1) is 12.1 Å². The van der Waals surface area contributed by atoms with Crippen LogP contribution in [-0.2, 0) is 0 Å². The molecule has 1 aliphatic heterocycles. The van der Waals surface area contributed by atoms with E-state index in [0.29, 0.717) is 31.7 Å². The summed E-state index contributed by atoms with van der Waals surface area (Å²) in [6.45, 7) is 4.55. The molecule has 1 N–H and O–H groups in total. The minimum absolute atomic E-state index is 0.0770. The molecule has 0 aromatic carbocycles. The summed E-state index contributed by atoms with van der Waals surface area (Å²) in [6, 6.07) is 5.13. The van der Waals surface area contributed by atoms with Crippen LogP contribution in [0.4, 0.5) is 0 Å². The quantitative estimate of drug-likeness (QED) is 0.867. The number of aromatic nitrogens is 1. The van der Waals surface area contributed by atoms with E-state index in [1.54, 1.807) is 11.0 Å². The van der Waals surface area contributed by atoms with Crippen molar-refractivity contribution in [3.05, 3.63) is 34.2 Å². The van der Waals surface area contributed by atoms with Crippen LogP contribution in [0.25, 0.3) is 0 Å². The van der Waals surface area contributed by atoms with Crippen LogP contribution >= 0.6 is 0 Å². The highest BCUT2D eigenvalue weighted by Crippen LogP contribution is 2.11. The van der Waals surface area contributed by atoms with Gasteiger partial charge in [0, 0.05) is 44.0 Å². The summed E-state index contributed by atoms with van der Waals surface area (Å²) in [5.74, 6) is -0.124. The van der Waals surface area contributed by atoms with Gasteiger partial charge in [-0.25, -0.2) is 0 Å². The second-order valence-corrected chi connectivity index (χ2v) is 4.82. The number of nitrogens with one attached hydrogen (secondary N) is 1. The highest BCUT2D eigenvalue weighted by atomic mass is 16.2. The van der Waals surface area contributed by atoms with Gasteiger partial charge in [0.2, 0.25) is 5.56 Å². The third-order valence-corrected chi connectivity index (χ3v) is 3.60. The van der Waals surface area contributed by atoms with Gasteiger partial charge in [-0.05, 0) is 12.5 Å². The van der Waals surface area contributed by atoms with E-state index in [4.69, 9.17) is 5.26 Å². The molecule has 1 aromatic rings. The summed E-state index contributed by atoms with van der Waals surface area (Å²) in [5.41, 5.74) is 0.138. The third-order valence-electron chi connectivity index (χ3n) is 3.60. The van der Waals surface area contributed by atoms with E-state index in [1.165, 1.54) is 12.3 Å². The van der Waals surface area contributed by atoms with Crippen LogP contribution in [0.3, 0.4) is 0 Å². The third kappa shape index (κ3) is 3.06. The van der Waals surface area contributed by atoms with Crippen molar-refractivity contribution in [3.8, 4) is 6.07 Å². The van der Waals surface area contributed by atoms with E-state index in [2.05, 4.69) is 16.0 Å². The van der Waals surface area contributed by atoms with Crippen molar-refractivity contribution < 1.29 is 4.79 Å². The Morgan fingerprint density at radius 3 is 2.70 bits per heavy atom. The molecule has 0 saturated carbocycles. The number of pyridine rings is 1. The molecule has 1 unspecified atom stereocenters. The van der Waals surface area contributed by atoms with Crippen LogP contribution in [0.2, 0.25) is 0 Å². The lowest BCUT2D eigenvalue weighted by atomic mass is 10.1. The van der Waals surface area contributed by atoms with E-state index in [-0.39, 0.29) is 17.5 Å². The van der Waals surface area contributed by atoms with Crippen molar-refractivity contribution in [1.29, 1.82) is 5.26 Å². The minimum atomic E-state index is -0.273. The molecule has 6 nitrogen and oxygen atoms in total. The van der Waals surface area contributed by atoms with Crippen LogP contribution in [0.15, 0.2) is 23.1 Å². The largest absolute Gasteiger partial charge is 0.336 e. The molecule has 1 aromatic heterocycles. The molecule has 0 bridgehead atoms. The zero-order chi connectivity index (χ0) is 14.5. The first-order chi connectivity index (χ1) is 9.65. The van der Waals surface area contributed by atoms with Crippen LogP contribution < -0.4 is 5.56 Å². The number of nitriles is 1. The highest BCUT2D eigenvalue weighted by molar-refractivity contribution is 5.94. The van der Waals surface area contributed by atoms with E-state index >= 15 is 0 Å². The molecular weight excluding hydrogens is 256 g/mol. The molecule has 1 saturated heterocycles. The Bertz CT molecular complexity index is 567. The number of hydrogen-bond donors (Lipinski definition) is 1. The first-order valence-electron chi connectivity index (χ1n) is 6.77. The van der Waals surface area contributed by atoms with Gasteiger partial charge < -0.3 is 9.88 Å². The first kappa shape index (κ1) is 14.3. The maximum absolute atomic E-state index is 12.3. The predicted molar refractivity (Wildman–Crippen MR) is 74.2 cm³/mol. The van der Waals surface area contributed by atoms with Gasteiger partial charge >= 0.3 is 0 Å². The monoisotopic (exact) mass is 274 g/mol. The lowest BCUT2D eigenvalue weighted by Crippen LogP contribution is -2.51. The maximum Gasteiger partial charge on any atom is 0.254 e. The van der Waals surface area contributed by atoms with Crippen molar-refractivity contribution in [3.63, 3.8) is 0 Å². The van der Waals surface area contributed by atoms with Crippen molar-refractivity contribution in [2.75, 3.05) is 26.2 Å². The van der Waals surface area contributed by atoms with Crippen molar-refractivity contribution >= 4 is 5.91 Å². The number of nitrogens with zero attached hydrogens (tertiary/aromatic N) is 3. The van der Waals surface area contributed by atoms with Crippen molar-refractivity contribution in [2.45, 2.75) is 19.4 Å². The Balaban J connectivity index is 1.99. The van der Waals surface area contributed by atoms with Gasteiger partial charge in [-0.15, -0.1) is 0 Å². The normalized spacial score (nSPS) is 17.5. The standard InChI is InChI=1S/C14H18N4O2/c1-2-12(10-15)17-5-7-18(8-6-17)14(20)11-3-4-16-13(19)9-11/h3-4,9,12H,2,5-8H2,1H3,(H,16,19). The molecular formula is C14H18N4O2. The molecule has 2 rings (SSSR count). The number of rotatable bonds is 3. The Morgan fingerprint density at radius 2 is 2.15 bits per heavy atom. The molecule has 106 valence electrons. The molecule has 6 heteroatoms. The number of hydrogen-bond acceptors (Lipinski definition) is 4. The summed E-state index contributed by atoms with van der Waals surface area (Å²) in [5, 5.41) is 9.05. The molecule has 2 heterocycles. The second-order valence-electron chi connectivity index (χ2n) is 4.82. The molecule has 1 atom stereocenters. The first-order valence-corrected chi connectivity index (χ1v) is 6.77. The SMILES string of the molecule is CCC(C#N)N1CCN(C(=O)c2cc[nH]c(=O)c2)CC1. The van der Waals surface area contributed by atoms with Gasteiger partial charge in [0.15, 0.2) is 0 Å². The predicted octanol–water partition coefficient (Wildman–Crippen LogP) is 0.435. The smallest absolute Gasteiger partial charge is 0.254 e. The molecule has 1 amide bonds. The summed E-state index contributed by atoms with van der Waals surface area (Å²) < 4.78 is 0. The number of aromatic amines is 1. The van der Waals surface area contributed by atoms with Gasteiger partial charge in [-0.2, -0.15) is 5.26 Å². The number of H-pyrrole nitrogens is 1. The summed E-state index contributed by atoms with van der Waals surface area (Å²) >= 11 is 0. The number of amides is 1. The summed E-state index contributed by atoms with van der Waals surface area (Å²) in [7, 11) is 0. The van der Waals surface area contributed by atoms with Gasteiger partial charge in [0.1, 0.15) is 0 Å². The number of piperazine rings is 1. The number of carbonyl (C=O) groups is 1. The lowest BCUT2D eigenvalue weighted by Gasteiger charge is -2.36. The summed E-state index contributed by atoms with van der Waals surface area (Å²) in [6.07, 6.45) is 2.27. The van der Waals surface area contributed by atoms with E-state index < -0.39 is 0 Å². The molecule has 1 aliphatic rings. The van der Waals surface area contributed by atoms with E-state index in [0.717, 1.165) is 6.42 Å². The molecule has 1 fully saturated rings. The van der Waals surface area contributed by atoms with Crippen molar-refractivity contribution in [1.82, 2.24) is 14.8 Å². The van der Waals surface area contributed by atoms with E-state index in [9.17, 15) is 9.59 Å². The molecule has 0 aliphatic carbocycles. The molecule has 20 heavy (non-hydrogen) atoms. The fourth-order valence-electron chi connectivity index (χ4n) is 2.43. The van der Waals surface area contributed by atoms with Crippen molar-refractivity contribution in [2.24, 2.45) is 0 Å². The van der Waals surface area contributed by atoms with Gasteiger partial charge in [-0.3, -0.25) is 14.5 Å². The minimum Gasteiger partial charge on any atom is -0.336 e. The Hall–Kier alpha value is -2.13. The van der Waals surface area contributed by atoms with Gasteiger partial charge in [-0.1, -0.05) is 6.92 Å². The zero-order valence-electron chi connectivity index (χ0n) is 11.5.